The maximum atomic E-state index is 11.1. The van der Waals surface area contributed by atoms with Crippen molar-refractivity contribution < 1.29 is 4.79 Å². The molecule has 0 saturated heterocycles. The van der Waals surface area contributed by atoms with E-state index >= 15 is 0 Å². The summed E-state index contributed by atoms with van der Waals surface area (Å²) in [5, 5.41) is 0. The summed E-state index contributed by atoms with van der Waals surface area (Å²) in [6.07, 6.45) is 4.90. The predicted molar refractivity (Wildman–Crippen MR) is 67.6 cm³/mol. The number of rotatable bonds is 2. The maximum Gasteiger partial charge on any atom is 0.179 e. The lowest BCUT2D eigenvalue weighted by molar-refractivity contribution is -0.110. The molecule has 0 radical (unpaired) electrons. The van der Waals surface area contributed by atoms with Crippen LogP contribution in [-0.4, -0.2) is 11.5 Å². The zero-order valence-electron chi connectivity index (χ0n) is 8.88. The van der Waals surface area contributed by atoms with Crippen LogP contribution in [-0.2, 0) is 4.79 Å². The minimum Gasteiger partial charge on any atom is -0.290 e. The highest BCUT2D eigenvalue weighted by atomic mass is 32.2. The molecule has 2 rings (SSSR count). The van der Waals surface area contributed by atoms with Crippen LogP contribution >= 0.6 is 11.9 Å². The van der Waals surface area contributed by atoms with Crippen molar-refractivity contribution in [3.63, 3.8) is 0 Å². The van der Waals surface area contributed by atoms with Crippen molar-refractivity contribution in [3.8, 4) is 0 Å². The van der Waals surface area contributed by atoms with Crippen LogP contribution in [0, 0.1) is 0 Å². The normalized spacial score (nSPS) is 17.7. The molecular weight excluding hydrogens is 218 g/mol. The van der Waals surface area contributed by atoms with Gasteiger partial charge < -0.3 is 0 Å². The molecule has 0 aromatic heterocycles. The molecule has 1 aromatic rings. The number of carbonyl (C=O) groups is 1. The van der Waals surface area contributed by atoms with Gasteiger partial charge in [-0.3, -0.25) is 4.79 Å². The molecule has 80 valence electrons. The Labute approximate surface area is 98.9 Å². The van der Waals surface area contributed by atoms with Gasteiger partial charge in [-0.2, -0.15) is 0 Å². The fourth-order valence-corrected chi connectivity index (χ4v) is 2.00. The average Bonchev–Trinajstić information content (AvgIpc) is 2.29. The quantitative estimate of drug-likeness (QED) is 0.575. The third kappa shape index (κ3) is 2.70. The van der Waals surface area contributed by atoms with E-state index in [4.69, 9.17) is 0 Å². The smallest absolute Gasteiger partial charge is 0.179 e. The lowest BCUT2D eigenvalue weighted by atomic mass is 10.1. The van der Waals surface area contributed by atoms with Crippen LogP contribution in [0.1, 0.15) is 6.92 Å². The molecule has 3 heteroatoms. The van der Waals surface area contributed by atoms with Gasteiger partial charge in [-0.15, -0.1) is 0 Å². The molecule has 0 atom stereocenters. The topological polar surface area (TPSA) is 29.4 Å². The largest absolute Gasteiger partial charge is 0.290 e. The van der Waals surface area contributed by atoms with Gasteiger partial charge in [0, 0.05) is 16.8 Å². The third-order valence-corrected chi connectivity index (χ3v) is 2.93. The van der Waals surface area contributed by atoms with Gasteiger partial charge >= 0.3 is 0 Å². The van der Waals surface area contributed by atoms with E-state index in [0.29, 0.717) is 0 Å². The minimum absolute atomic E-state index is 0.0289. The van der Waals surface area contributed by atoms with Crippen molar-refractivity contribution in [2.45, 2.75) is 11.8 Å². The Morgan fingerprint density at radius 2 is 1.88 bits per heavy atom. The van der Waals surface area contributed by atoms with Gasteiger partial charge in [-0.25, -0.2) is 4.40 Å². The fraction of sp³-hybridized carbons (Fsp3) is 0.0769. The summed E-state index contributed by atoms with van der Waals surface area (Å²) in [4.78, 5) is 12.2. The third-order valence-electron chi connectivity index (χ3n) is 2.16. The molecule has 0 N–H and O–H groups in total. The minimum atomic E-state index is 0.0289. The number of ketones is 1. The van der Waals surface area contributed by atoms with E-state index in [1.165, 1.54) is 18.0 Å². The van der Waals surface area contributed by atoms with Crippen LogP contribution in [0.5, 0.6) is 0 Å². The molecule has 1 aliphatic carbocycles. The van der Waals surface area contributed by atoms with Crippen LogP contribution in [0.4, 0.5) is 0 Å². The first-order valence-electron chi connectivity index (χ1n) is 4.96. The van der Waals surface area contributed by atoms with Crippen LogP contribution < -0.4 is 0 Å². The van der Waals surface area contributed by atoms with Crippen molar-refractivity contribution in [1.82, 2.24) is 0 Å². The van der Waals surface area contributed by atoms with Gasteiger partial charge in [-0.1, -0.05) is 18.2 Å². The second kappa shape index (κ2) is 4.94. The lowest BCUT2D eigenvalue weighted by Gasteiger charge is -2.04. The Kier molecular flexibility index (Phi) is 3.37. The average molecular weight is 229 g/mol. The molecule has 0 fully saturated rings. The van der Waals surface area contributed by atoms with Gasteiger partial charge in [0.1, 0.15) is 0 Å². The van der Waals surface area contributed by atoms with E-state index in [2.05, 4.69) is 4.40 Å². The molecule has 1 aliphatic rings. The second-order valence-corrected chi connectivity index (χ2v) is 4.28. The Balaban J connectivity index is 2.12. The van der Waals surface area contributed by atoms with E-state index in [1.54, 1.807) is 12.2 Å². The summed E-state index contributed by atoms with van der Waals surface area (Å²) < 4.78 is 4.39. The molecule has 0 bridgehead atoms. The van der Waals surface area contributed by atoms with E-state index in [1.807, 2.05) is 37.3 Å². The van der Waals surface area contributed by atoms with Crippen LogP contribution in [0.3, 0.4) is 0 Å². The number of hydrogen-bond donors (Lipinski definition) is 0. The van der Waals surface area contributed by atoms with Crippen LogP contribution in [0.2, 0.25) is 0 Å². The lowest BCUT2D eigenvalue weighted by Crippen LogP contribution is -2.04. The Morgan fingerprint density at radius 1 is 1.12 bits per heavy atom. The molecule has 0 unspecified atom stereocenters. The number of allylic oxidation sites excluding steroid dienone is 4. The summed E-state index contributed by atoms with van der Waals surface area (Å²) in [5.41, 5.74) is 1.77. The predicted octanol–water partition coefficient (Wildman–Crippen LogP) is 3.22. The van der Waals surface area contributed by atoms with Gasteiger partial charge in [0.25, 0.3) is 0 Å². The van der Waals surface area contributed by atoms with Crippen molar-refractivity contribution in [2.75, 3.05) is 0 Å². The highest BCUT2D eigenvalue weighted by Gasteiger charge is 2.06. The first-order valence-corrected chi connectivity index (χ1v) is 5.74. The van der Waals surface area contributed by atoms with Gasteiger partial charge in [0.05, 0.1) is 5.71 Å². The highest BCUT2D eigenvalue weighted by Crippen LogP contribution is 2.20. The Hall–Kier alpha value is -1.61. The zero-order chi connectivity index (χ0) is 11.4. The summed E-state index contributed by atoms with van der Waals surface area (Å²) in [7, 11) is 0. The van der Waals surface area contributed by atoms with E-state index in [-0.39, 0.29) is 5.78 Å². The van der Waals surface area contributed by atoms with Gasteiger partial charge in [0.15, 0.2) is 5.78 Å². The molecule has 0 aliphatic heterocycles. The second-order valence-electron chi connectivity index (χ2n) is 3.44. The van der Waals surface area contributed by atoms with Crippen LogP contribution in [0.25, 0.3) is 0 Å². The fourth-order valence-electron chi connectivity index (χ4n) is 1.31. The molecular formula is C13H11NOS. The van der Waals surface area contributed by atoms with Crippen LogP contribution in [0.15, 0.2) is 63.4 Å². The zero-order valence-corrected chi connectivity index (χ0v) is 9.70. The van der Waals surface area contributed by atoms with Crippen molar-refractivity contribution in [2.24, 2.45) is 4.40 Å². The number of benzene rings is 1. The number of carbonyl (C=O) groups excluding carboxylic acids is 1. The maximum absolute atomic E-state index is 11.1. The summed E-state index contributed by atoms with van der Waals surface area (Å²) in [6, 6.07) is 9.94. The summed E-state index contributed by atoms with van der Waals surface area (Å²) in [6.45, 7) is 1.89. The first kappa shape index (κ1) is 10.9. The molecule has 0 amide bonds. The van der Waals surface area contributed by atoms with Crippen molar-refractivity contribution in [1.29, 1.82) is 0 Å². The first-order chi connectivity index (χ1) is 7.75. The molecule has 1 aromatic carbocycles. The Morgan fingerprint density at radius 3 is 2.56 bits per heavy atom. The molecule has 0 heterocycles. The molecule has 0 saturated carbocycles. The monoisotopic (exact) mass is 229 g/mol. The SMILES string of the molecule is CC1=CC(=O)C=CC1=NSc1ccccc1. The molecule has 16 heavy (non-hydrogen) atoms. The standard InChI is InChI=1S/C13H11NOS/c1-10-9-11(15)7-8-13(10)14-16-12-5-3-2-4-6-12/h2-9H,1H3. The summed E-state index contributed by atoms with van der Waals surface area (Å²) >= 11 is 1.42. The number of hydrogen-bond acceptors (Lipinski definition) is 3. The molecule has 2 nitrogen and oxygen atoms in total. The van der Waals surface area contributed by atoms with E-state index in [0.717, 1.165) is 16.2 Å². The molecule has 0 spiro atoms. The van der Waals surface area contributed by atoms with Gasteiger partial charge in [0.2, 0.25) is 0 Å². The van der Waals surface area contributed by atoms with Gasteiger partial charge in [-0.05, 0) is 42.9 Å². The summed E-state index contributed by atoms with van der Waals surface area (Å²) in [5.74, 6) is 0.0289. The Bertz CT molecular complexity index is 486. The van der Waals surface area contributed by atoms with E-state index < -0.39 is 0 Å². The highest BCUT2D eigenvalue weighted by molar-refractivity contribution is 7.98. The van der Waals surface area contributed by atoms with Crippen molar-refractivity contribution >= 4 is 23.4 Å². The van der Waals surface area contributed by atoms with E-state index in [9.17, 15) is 4.79 Å². The van der Waals surface area contributed by atoms with Crippen molar-refractivity contribution in [3.05, 3.63) is 54.1 Å². The number of nitrogens with zero attached hydrogens (tertiary/aromatic N) is 1.